The van der Waals surface area contributed by atoms with Gasteiger partial charge < -0.3 is 21.1 Å². The topological polar surface area (TPSA) is 102 Å². The fraction of sp³-hybridized carbons (Fsp3) is 0.308. The number of rotatable bonds is 6. The van der Waals surface area contributed by atoms with E-state index in [1.165, 1.54) is 24.6 Å². The summed E-state index contributed by atoms with van der Waals surface area (Å²) in [5.74, 6) is 0.399. The van der Waals surface area contributed by atoms with Crippen LogP contribution in [0.4, 0.5) is 16.6 Å². The minimum atomic E-state index is -0.304. The summed E-state index contributed by atoms with van der Waals surface area (Å²) in [6.45, 7) is 2.84. The van der Waals surface area contributed by atoms with Crippen LogP contribution in [0.15, 0.2) is 18.3 Å². The van der Waals surface area contributed by atoms with E-state index >= 15 is 0 Å². The monoisotopic (exact) mass is 307 g/mol. The van der Waals surface area contributed by atoms with Crippen molar-refractivity contribution >= 4 is 33.9 Å². The Morgan fingerprint density at radius 1 is 1.48 bits per heavy atom. The summed E-state index contributed by atoms with van der Waals surface area (Å²) in [7, 11) is 1.53. The van der Waals surface area contributed by atoms with E-state index in [1.54, 1.807) is 12.1 Å². The summed E-state index contributed by atoms with van der Waals surface area (Å²) in [4.78, 5) is 20.7. The molecule has 0 saturated carbocycles. The molecule has 0 aliphatic rings. The Labute approximate surface area is 126 Å². The van der Waals surface area contributed by atoms with Crippen molar-refractivity contribution in [3.05, 3.63) is 23.2 Å². The Balaban J connectivity index is 2.06. The van der Waals surface area contributed by atoms with Gasteiger partial charge in [0.2, 0.25) is 5.88 Å². The standard InChI is InChI=1S/C13H17N5O2S/c1-3-6-15-13-18-11(14)10(21-13)12(19)17-8-4-5-9(20-2)16-7-8/h4-5,7H,3,6,14H2,1-2H3,(H,15,18)(H,17,19). The number of amides is 1. The summed E-state index contributed by atoms with van der Waals surface area (Å²) in [5.41, 5.74) is 6.34. The number of ether oxygens (including phenoxy) is 1. The van der Waals surface area contributed by atoms with Crippen molar-refractivity contribution < 1.29 is 9.53 Å². The van der Waals surface area contributed by atoms with E-state index in [0.717, 1.165) is 13.0 Å². The molecule has 0 saturated heterocycles. The van der Waals surface area contributed by atoms with Crippen LogP contribution in [0, 0.1) is 0 Å². The van der Waals surface area contributed by atoms with E-state index in [0.29, 0.717) is 21.6 Å². The zero-order chi connectivity index (χ0) is 15.2. The van der Waals surface area contributed by atoms with E-state index in [-0.39, 0.29) is 11.7 Å². The lowest BCUT2D eigenvalue weighted by Crippen LogP contribution is -2.12. The van der Waals surface area contributed by atoms with Crippen molar-refractivity contribution in [3.8, 4) is 5.88 Å². The normalized spacial score (nSPS) is 10.2. The molecule has 0 spiro atoms. The predicted molar refractivity (Wildman–Crippen MR) is 84.0 cm³/mol. The molecule has 0 atom stereocenters. The van der Waals surface area contributed by atoms with Crippen LogP contribution in [0.3, 0.4) is 0 Å². The maximum absolute atomic E-state index is 12.2. The minimum Gasteiger partial charge on any atom is -0.481 e. The Kier molecular flexibility index (Phi) is 4.94. The summed E-state index contributed by atoms with van der Waals surface area (Å²) in [6.07, 6.45) is 2.49. The third-order valence-electron chi connectivity index (χ3n) is 2.59. The molecule has 0 fully saturated rings. The van der Waals surface area contributed by atoms with Crippen LogP contribution < -0.4 is 21.1 Å². The molecule has 0 aliphatic heterocycles. The number of pyridine rings is 1. The second-order valence-corrected chi connectivity index (χ2v) is 5.20. The largest absolute Gasteiger partial charge is 0.481 e. The molecule has 0 aromatic carbocycles. The van der Waals surface area contributed by atoms with E-state index < -0.39 is 0 Å². The maximum Gasteiger partial charge on any atom is 0.269 e. The van der Waals surface area contributed by atoms with Crippen LogP contribution >= 0.6 is 11.3 Å². The van der Waals surface area contributed by atoms with Gasteiger partial charge in [-0.15, -0.1) is 0 Å². The Morgan fingerprint density at radius 3 is 2.90 bits per heavy atom. The lowest BCUT2D eigenvalue weighted by atomic mass is 10.4. The van der Waals surface area contributed by atoms with E-state index in [9.17, 15) is 4.79 Å². The fourth-order valence-corrected chi connectivity index (χ4v) is 2.37. The number of nitrogen functional groups attached to an aromatic ring is 1. The van der Waals surface area contributed by atoms with Gasteiger partial charge >= 0.3 is 0 Å². The molecule has 0 unspecified atom stereocenters. The molecular formula is C13H17N5O2S. The van der Waals surface area contributed by atoms with E-state index in [1.807, 2.05) is 6.92 Å². The maximum atomic E-state index is 12.2. The minimum absolute atomic E-state index is 0.220. The van der Waals surface area contributed by atoms with E-state index in [2.05, 4.69) is 20.6 Å². The zero-order valence-electron chi connectivity index (χ0n) is 11.8. The summed E-state index contributed by atoms with van der Waals surface area (Å²) in [6, 6.07) is 3.37. The van der Waals surface area contributed by atoms with Crippen molar-refractivity contribution in [2.24, 2.45) is 0 Å². The number of carbonyl (C=O) groups excluding carboxylic acids is 1. The molecule has 8 heteroatoms. The van der Waals surface area contributed by atoms with Crippen LogP contribution in [-0.4, -0.2) is 29.5 Å². The van der Waals surface area contributed by atoms with Crippen molar-refractivity contribution in [1.82, 2.24) is 9.97 Å². The van der Waals surface area contributed by atoms with Gasteiger partial charge in [-0.2, -0.15) is 0 Å². The molecular weight excluding hydrogens is 290 g/mol. The van der Waals surface area contributed by atoms with Gasteiger partial charge in [0, 0.05) is 12.6 Å². The van der Waals surface area contributed by atoms with E-state index in [4.69, 9.17) is 10.5 Å². The lowest BCUT2D eigenvalue weighted by molar-refractivity contribution is 0.103. The molecule has 0 bridgehead atoms. The smallest absolute Gasteiger partial charge is 0.269 e. The molecule has 4 N–H and O–H groups in total. The zero-order valence-corrected chi connectivity index (χ0v) is 12.7. The third-order valence-corrected chi connectivity index (χ3v) is 3.62. The van der Waals surface area contributed by atoms with Gasteiger partial charge in [-0.3, -0.25) is 4.79 Å². The first-order valence-electron chi connectivity index (χ1n) is 6.45. The first-order valence-corrected chi connectivity index (χ1v) is 7.27. The van der Waals surface area contributed by atoms with Crippen LogP contribution in [0.1, 0.15) is 23.0 Å². The number of nitrogens with one attached hydrogen (secondary N) is 2. The first-order chi connectivity index (χ1) is 10.1. The average Bonchev–Trinajstić information content (AvgIpc) is 2.87. The third kappa shape index (κ3) is 3.82. The van der Waals surface area contributed by atoms with Crippen LogP contribution in [-0.2, 0) is 0 Å². The van der Waals surface area contributed by atoms with Gasteiger partial charge in [0.1, 0.15) is 10.7 Å². The summed E-state index contributed by atoms with van der Waals surface area (Å²) >= 11 is 1.23. The van der Waals surface area contributed by atoms with Gasteiger partial charge in [0.25, 0.3) is 5.91 Å². The molecule has 0 radical (unpaired) electrons. The van der Waals surface area contributed by atoms with Crippen LogP contribution in [0.5, 0.6) is 5.88 Å². The first kappa shape index (κ1) is 15.0. The highest BCUT2D eigenvalue weighted by Crippen LogP contribution is 2.26. The molecule has 2 aromatic heterocycles. The van der Waals surface area contributed by atoms with Gasteiger partial charge in [0.15, 0.2) is 5.13 Å². The van der Waals surface area contributed by atoms with Gasteiger partial charge in [-0.25, -0.2) is 9.97 Å². The SMILES string of the molecule is CCCNc1nc(N)c(C(=O)Nc2ccc(OC)nc2)s1. The number of nitrogens with two attached hydrogens (primary N) is 1. The number of hydrogen-bond donors (Lipinski definition) is 3. The molecule has 0 aliphatic carbocycles. The van der Waals surface area contributed by atoms with Gasteiger partial charge in [0.05, 0.1) is 19.0 Å². The highest BCUT2D eigenvalue weighted by atomic mass is 32.1. The second-order valence-electron chi connectivity index (χ2n) is 4.20. The molecule has 112 valence electrons. The number of thiazole rings is 1. The predicted octanol–water partition coefficient (Wildman–Crippen LogP) is 2.20. The fourth-order valence-electron chi connectivity index (χ4n) is 1.57. The van der Waals surface area contributed by atoms with Crippen LogP contribution in [0.2, 0.25) is 0 Å². The Hall–Kier alpha value is -2.35. The number of carbonyl (C=O) groups is 1. The Morgan fingerprint density at radius 2 is 2.29 bits per heavy atom. The van der Waals surface area contributed by atoms with Gasteiger partial charge in [-0.05, 0) is 12.5 Å². The van der Waals surface area contributed by atoms with Crippen molar-refractivity contribution in [2.45, 2.75) is 13.3 Å². The summed E-state index contributed by atoms with van der Waals surface area (Å²) < 4.78 is 4.96. The molecule has 21 heavy (non-hydrogen) atoms. The molecule has 1 amide bonds. The quantitative estimate of drug-likeness (QED) is 0.756. The van der Waals surface area contributed by atoms with Crippen molar-refractivity contribution in [3.63, 3.8) is 0 Å². The van der Waals surface area contributed by atoms with Gasteiger partial charge in [-0.1, -0.05) is 18.3 Å². The molecule has 2 aromatic rings. The molecule has 2 rings (SSSR count). The number of anilines is 3. The van der Waals surface area contributed by atoms with Crippen molar-refractivity contribution in [2.75, 3.05) is 30.0 Å². The molecule has 2 heterocycles. The molecule has 7 nitrogen and oxygen atoms in total. The number of aromatic nitrogens is 2. The van der Waals surface area contributed by atoms with Crippen LogP contribution in [0.25, 0.3) is 0 Å². The Bertz CT molecular complexity index is 612. The number of hydrogen-bond acceptors (Lipinski definition) is 7. The second kappa shape index (κ2) is 6.89. The average molecular weight is 307 g/mol. The number of methoxy groups -OCH3 is 1. The highest BCUT2D eigenvalue weighted by Gasteiger charge is 2.16. The highest BCUT2D eigenvalue weighted by molar-refractivity contribution is 7.18. The summed E-state index contributed by atoms with van der Waals surface area (Å²) in [5, 5.41) is 6.48. The van der Waals surface area contributed by atoms with Crippen molar-refractivity contribution in [1.29, 1.82) is 0 Å². The lowest BCUT2D eigenvalue weighted by Gasteiger charge is -2.04. The number of nitrogens with zero attached hydrogens (tertiary/aromatic N) is 2.